The summed E-state index contributed by atoms with van der Waals surface area (Å²) in [5, 5.41) is 0. The fourth-order valence-corrected chi connectivity index (χ4v) is 5.89. The zero-order valence-electron chi connectivity index (χ0n) is 14.7. The second-order valence-corrected chi connectivity index (χ2v) is 10.5. The van der Waals surface area contributed by atoms with Crippen LogP contribution in [0, 0.1) is 22.7 Å². The Morgan fingerprint density at radius 1 is 1.22 bits per heavy atom. The normalized spacial score (nSPS) is 40.3. The minimum atomic E-state index is -3.23. The Bertz CT molecular complexity index is 600. The third-order valence-electron chi connectivity index (χ3n) is 7.16. The van der Waals surface area contributed by atoms with Gasteiger partial charge >= 0.3 is 5.97 Å². The highest BCUT2D eigenvalue weighted by Gasteiger charge is 2.63. The number of carbonyl (C=O) groups excluding carboxylic acids is 1. The van der Waals surface area contributed by atoms with Crippen molar-refractivity contribution in [2.24, 2.45) is 22.7 Å². The Morgan fingerprint density at radius 2 is 1.91 bits per heavy atom. The van der Waals surface area contributed by atoms with E-state index in [1.165, 1.54) is 17.0 Å². The Labute approximate surface area is 139 Å². The van der Waals surface area contributed by atoms with E-state index in [-0.39, 0.29) is 35.4 Å². The Hall–Kier alpha value is -0.620. The molecule has 4 unspecified atom stereocenters. The summed E-state index contributed by atoms with van der Waals surface area (Å²) in [5.41, 5.74) is 0.266. The molecule has 0 aromatic heterocycles. The van der Waals surface area contributed by atoms with Gasteiger partial charge in [0.15, 0.2) is 0 Å². The molecule has 0 N–H and O–H groups in total. The smallest absolute Gasteiger partial charge is 0.310 e. The SMILES string of the molecule is CC1(C)C2CCC1(C)C(OC(=O)C1CCCN(S(C)(=O)=O)C1)C2. The summed E-state index contributed by atoms with van der Waals surface area (Å²) in [7, 11) is -3.23. The lowest BCUT2D eigenvalue weighted by molar-refractivity contribution is -0.163. The number of ether oxygens (including phenoxy) is 1. The van der Waals surface area contributed by atoms with Gasteiger partial charge in [-0.25, -0.2) is 12.7 Å². The molecule has 2 aliphatic carbocycles. The third-order valence-corrected chi connectivity index (χ3v) is 8.43. The fraction of sp³-hybridized carbons (Fsp3) is 0.941. The molecule has 0 radical (unpaired) electrons. The number of sulfonamides is 1. The van der Waals surface area contributed by atoms with Gasteiger partial charge < -0.3 is 4.74 Å². The molecule has 3 rings (SSSR count). The molecule has 23 heavy (non-hydrogen) atoms. The van der Waals surface area contributed by atoms with Crippen molar-refractivity contribution < 1.29 is 17.9 Å². The number of nitrogens with zero attached hydrogens (tertiary/aromatic N) is 1. The maximum absolute atomic E-state index is 12.6. The number of hydrogen-bond donors (Lipinski definition) is 0. The molecule has 2 saturated carbocycles. The summed E-state index contributed by atoms with van der Waals surface area (Å²) in [6.45, 7) is 7.63. The molecule has 1 saturated heterocycles. The van der Waals surface area contributed by atoms with Crippen LogP contribution in [-0.4, -0.2) is 44.1 Å². The van der Waals surface area contributed by atoms with Crippen LogP contribution in [-0.2, 0) is 19.6 Å². The molecule has 3 fully saturated rings. The van der Waals surface area contributed by atoms with Crippen LogP contribution in [0.4, 0.5) is 0 Å². The predicted molar refractivity (Wildman–Crippen MR) is 88.2 cm³/mol. The standard InChI is InChI=1S/C17H29NO4S/c1-16(2)13-7-8-17(16,3)14(10-13)22-15(19)12-6-5-9-18(11-12)23(4,20)21/h12-14H,5-11H2,1-4H3. The second kappa shape index (κ2) is 5.45. The lowest BCUT2D eigenvalue weighted by Crippen LogP contribution is -2.44. The van der Waals surface area contributed by atoms with Gasteiger partial charge in [0.2, 0.25) is 10.0 Å². The molecule has 5 nitrogen and oxygen atoms in total. The number of fused-ring (bicyclic) bond motifs is 2. The zero-order valence-corrected chi connectivity index (χ0v) is 15.5. The Kier molecular flexibility index (Phi) is 4.08. The molecular weight excluding hydrogens is 314 g/mol. The largest absolute Gasteiger partial charge is 0.462 e. The van der Waals surface area contributed by atoms with Crippen molar-refractivity contribution in [3.05, 3.63) is 0 Å². The van der Waals surface area contributed by atoms with Crippen molar-refractivity contribution in [1.29, 1.82) is 0 Å². The second-order valence-electron chi connectivity index (χ2n) is 8.50. The van der Waals surface area contributed by atoms with Gasteiger partial charge in [-0.2, -0.15) is 0 Å². The van der Waals surface area contributed by atoms with Crippen LogP contribution in [0.3, 0.4) is 0 Å². The molecule has 132 valence electrons. The summed E-state index contributed by atoms with van der Waals surface area (Å²) in [6.07, 6.45) is 5.94. The van der Waals surface area contributed by atoms with Crippen LogP contribution >= 0.6 is 0 Å². The van der Waals surface area contributed by atoms with E-state index in [1.54, 1.807) is 0 Å². The van der Waals surface area contributed by atoms with E-state index in [4.69, 9.17) is 4.74 Å². The van der Waals surface area contributed by atoms with Gasteiger partial charge in [0.1, 0.15) is 6.10 Å². The third kappa shape index (κ3) is 2.72. The number of rotatable bonds is 3. The molecule has 3 aliphatic rings. The topological polar surface area (TPSA) is 63.7 Å². The molecule has 4 atom stereocenters. The molecule has 0 spiro atoms. The maximum atomic E-state index is 12.6. The van der Waals surface area contributed by atoms with Gasteiger partial charge in [-0.05, 0) is 43.4 Å². The summed E-state index contributed by atoms with van der Waals surface area (Å²) >= 11 is 0. The Balaban J connectivity index is 1.66. The monoisotopic (exact) mass is 343 g/mol. The van der Waals surface area contributed by atoms with Crippen LogP contribution in [0.25, 0.3) is 0 Å². The van der Waals surface area contributed by atoms with E-state index in [0.717, 1.165) is 25.7 Å². The van der Waals surface area contributed by atoms with Crippen molar-refractivity contribution in [2.75, 3.05) is 19.3 Å². The van der Waals surface area contributed by atoms with Gasteiger partial charge in [0, 0.05) is 18.5 Å². The Morgan fingerprint density at radius 3 is 2.43 bits per heavy atom. The summed E-state index contributed by atoms with van der Waals surface area (Å²) in [5.74, 6) is 0.112. The van der Waals surface area contributed by atoms with Gasteiger partial charge in [0.05, 0.1) is 12.2 Å². The summed E-state index contributed by atoms with van der Waals surface area (Å²) in [6, 6.07) is 0. The molecule has 1 aliphatic heterocycles. The van der Waals surface area contributed by atoms with Crippen molar-refractivity contribution in [3.63, 3.8) is 0 Å². The fourth-order valence-electron chi connectivity index (χ4n) is 4.98. The molecule has 0 aromatic rings. The minimum absolute atomic E-state index is 0.0163. The van der Waals surface area contributed by atoms with E-state index in [2.05, 4.69) is 20.8 Å². The van der Waals surface area contributed by atoms with Crippen molar-refractivity contribution >= 4 is 16.0 Å². The maximum Gasteiger partial charge on any atom is 0.310 e. The molecule has 1 heterocycles. The van der Waals surface area contributed by atoms with E-state index in [0.29, 0.717) is 12.5 Å². The van der Waals surface area contributed by atoms with Crippen LogP contribution < -0.4 is 0 Å². The van der Waals surface area contributed by atoms with Crippen molar-refractivity contribution in [1.82, 2.24) is 4.31 Å². The average Bonchev–Trinajstić information content (AvgIpc) is 2.80. The van der Waals surface area contributed by atoms with E-state index < -0.39 is 10.0 Å². The minimum Gasteiger partial charge on any atom is -0.462 e. The molecule has 2 bridgehead atoms. The first kappa shape index (κ1) is 17.2. The molecule has 0 amide bonds. The summed E-state index contributed by atoms with van der Waals surface area (Å²) in [4.78, 5) is 12.6. The van der Waals surface area contributed by atoms with Gasteiger partial charge in [-0.1, -0.05) is 20.8 Å². The lowest BCUT2D eigenvalue weighted by Gasteiger charge is -2.39. The zero-order chi connectivity index (χ0) is 17.0. The average molecular weight is 343 g/mol. The van der Waals surface area contributed by atoms with Gasteiger partial charge in [0.25, 0.3) is 0 Å². The van der Waals surface area contributed by atoms with E-state index in [9.17, 15) is 13.2 Å². The highest BCUT2D eigenvalue weighted by atomic mass is 32.2. The van der Waals surface area contributed by atoms with E-state index in [1.807, 2.05) is 0 Å². The first-order valence-corrected chi connectivity index (χ1v) is 10.6. The molecule has 0 aromatic carbocycles. The predicted octanol–water partition coefficient (Wildman–Crippen LogP) is 2.42. The first-order valence-electron chi connectivity index (χ1n) is 8.71. The van der Waals surface area contributed by atoms with Crippen LogP contribution in [0.2, 0.25) is 0 Å². The van der Waals surface area contributed by atoms with Gasteiger partial charge in [-0.15, -0.1) is 0 Å². The van der Waals surface area contributed by atoms with Crippen LogP contribution in [0.1, 0.15) is 52.9 Å². The van der Waals surface area contributed by atoms with E-state index >= 15 is 0 Å². The number of carbonyl (C=O) groups is 1. The quantitative estimate of drug-likeness (QED) is 0.738. The molecular formula is C17H29NO4S. The van der Waals surface area contributed by atoms with Gasteiger partial charge in [-0.3, -0.25) is 4.79 Å². The number of esters is 1. The first-order chi connectivity index (χ1) is 10.6. The number of piperidine rings is 1. The van der Waals surface area contributed by atoms with Crippen molar-refractivity contribution in [2.45, 2.75) is 59.0 Å². The van der Waals surface area contributed by atoms with Crippen LogP contribution in [0.15, 0.2) is 0 Å². The van der Waals surface area contributed by atoms with Crippen molar-refractivity contribution in [3.8, 4) is 0 Å². The molecule has 6 heteroatoms. The van der Waals surface area contributed by atoms with Crippen LogP contribution in [0.5, 0.6) is 0 Å². The number of hydrogen-bond acceptors (Lipinski definition) is 4. The lowest BCUT2D eigenvalue weighted by atomic mass is 9.70. The highest BCUT2D eigenvalue weighted by molar-refractivity contribution is 7.88. The highest BCUT2D eigenvalue weighted by Crippen LogP contribution is 2.66. The summed E-state index contributed by atoms with van der Waals surface area (Å²) < 4.78 is 30.8.